The Morgan fingerprint density at radius 3 is 2.58 bits per heavy atom. The molecule has 0 saturated heterocycles. The molecule has 3 aromatic rings. The van der Waals surface area contributed by atoms with Gasteiger partial charge in [0.1, 0.15) is 23.7 Å². The average Bonchev–Trinajstić information content (AvgIpc) is 2.69. The van der Waals surface area contributed by atoms with Crippen LogP contribution in [0.5, 0.6) is 5.75 Å². The highest BCUT2D eigenvalue weighted by molar-refractivity contribution is 6.43. The van der Waals surface area contributed by atoms with E-state index in [0.717, 1.165) is 6.07 Å². The van der Waals surface area contributed by atoms with Gasteiger partial charge < -0.3 is 15.4 Å². The fraction of sp³-hybridized carbons (Fsp3) is 0.105. The second-order valence-electron chi connectivity index (χ2n) is 6.10. The zero-order valence-electron chi connectivity index (χ0n) is 15.4. The lowest BCUT2D eigenvalue weighted by atomic mass is 10.1. The van der Waals surface area contributed by atoms with Crippen molar-refractivity contribution < 1.29 is 27.1 Å². The lowest BCUT2D eigenvalue weighted by molar-refractivity contribution is -0.153. The number of alkyl halides is 3. The number of nitrogens with one attached hydrogen (secondary N) is 2. The third-order valence-electron chi connectivity index (χ3n) is 3.80. The van der Waals surface area contributed by atoms with Gasteiger partial charge in [0, 0.05) is 17.1 Å². The zero-order valence-corrected chi connectivity index (χ0v) is 16.9. The predicted octanol–water partition coefficient (Wildman–Crippen LogP) is 5.80. The molecule has 31 heavy (non-hydrogen) atoms. The topological polar surface area (TPSA) is 76.1 Å². The molecule has 1 heterocycles. The van der Waals surface area contributed by atoms with Crippen molar-refractivity contribution >= 4 is 57.2 Å². The number of aromatic nitrogens is 2. The van der Waals surface area contributed by atoms with Crippen LogP contribution in [0.4, 0.5) is 34.8 Å². The van der Waals surface area contributed by atoms with Crippen LogP contribution in [0.25, 0.3) is 10.9 Å². The minimum absolute atomic E-state index is 0.112. The van der Waals surface area contributed by atoms with Crippen molar-refractivity contribution in [2.24, 2.45) is 0 Å². The van der Waals surface area contributed by atoms with E-state index >= 15 is 0 Å². The van der Waals surface area contributed by atoms with Crippen LogP contribution in [0.3, 0.4) is 0 Å². The lowest BCUT2D eigenvalue weighted by Gasteiger charge is -2.16. The number of benzene rings is 2. The number of rotatable bonds is 6. The molecule has 0 saturated carbocycles. The van der Waals surface area contributed by atoms with Crippen LogP contribution in [0, 0.1) is 5.82 Å². The first-order chi connectivity index (χ1) is 14.5. The summed E-state index contributed by atoms with van der Waals surface area (Å²) in [7, 11) is 0. The molecule has 0 aliphatic rings. The summed E-state index contributed by atoms with van der Waals surface area (Å²) in [5.41, 5.74) is 0.493. The first kappa shape index (κ1) is 22.6. The summed E-state index contributed by atoms with van der Waals surface area (Å²) in [5.74, 6) is -1.52. The van der Waals surface area contributed by atoms with Gasteiger partial charge in [-0.2, -0.15) is 13.2 Å². The van der Waals surface area contributed by atoms with Crippen LogP contribution in [-0.4, -0.2) is 28.7 Å². The molecular weight excluding hydrogens is 463 g/mol. The number of ether oxygens (including phenoxy) is 1. The quantitative estimate of drug-likeness (QED) is 0.348. The summed E-state index contributed by atoms with van der Waals surface area (Å²) in [6.07, 6.45) is -3.44. The molecule has 1 amide bonds. The molecule has 6 nitrogen and oxygen atoms in total. The Balaban J connectivity index is 2.05. The maximum atomic E-state index is 13.4. The largest absolute Gasteiger partial charge is 0.482 e. The minimum atomic E-state index is -4.60. The van der Waals surface area contributed by atoms with Crippen LogP contribution < -0.4 is 15.4 Å². The summed E-state index contributed by atoms with van der Waals surface area (Å²) < 4.78 is 56.1. The van der Waals surface area contributed by atoms with Crippen LogP contribution in [0.2, 0.25) is 5.02 Å². The fourth-order valence-electron chi connectivity index (χ4n) is 2.46. The van der Waals surface area contributed by atoms with Crippen LogP contribution in [0.15, 0.2) is 48.3 Å². The van der Waals surface area contributed by atoms with E-state index in [0.29, 0.717) is 11.1 Å². The van der Waals surface area contributed by atoms with Gasteiger partial charge in [0.15, 0.2) is 6.61 Å². The highest BCUT2D eigenvalue weighted by Gasteiger charge is 2.29. The van der Waals surface area contributed by atoms with Crippen LogP contribution in [-0.2, 0) is 4.79 Å². The van der Waals surface area contributed by atoms with Gasteiger partial charge in [-0.25, -0.2) is 14.4 Å². The molecule has 162 valence electrons. The maximum absolute atomic E-state index is 13.4. The van der Waals surface area contributed by atoms with Crippen LogP contribution in [0.1, 0.15) is 0 Å². The van der Waals surface area contributed by atoms with E-state index < -0.39 is 24.5 Å². The number of hydrogen-bond acceptors (Lipinski definition) is 5. The molecule has 0 unspecified atom stereocenters. The third-order valence-corrected chi connectivity index (χ3v) is 4.27. The number of carbonyl (C=O) groups excluding carboxylic acids is 1. The van der Waals surface area contributed by atoms with Crippen molar-refractivity contribution in [3.05, 3.63) is 59.1 Å². The molecule has 3 rings (SSSR count). The van der Waals surface area contributed by atoms with Gasteiger partial charge in [-0.05, 0) is 24.3 Å². The molecule has 0 atom stereocenters. The number of halogens is 6. The molecule has 1 aromatic heterocycles. The third kappa shape index (κ3) is 5.74. The van der Waals surface area contributed by atoms with Crippen molar-refractivity contribution in [2.45, 2.75) is 6.18 Å². The summed E-state index contributed by atoms with van der Waals surface area (Å²) in [5, 5.41) is 5.05. The normalized spacial score (nSPS) is 11.3. The van der Waals surface area contributed by atoms with Gasteiger partial charge in [-0.15, -0.1) is 0 Å². The van der Waals surface area contributed by atoms with E-state index in [2.05, 4.69) is 27.2 Å². The van der Waals surface area contributed by atoms with E-state index in [1.54, 1.807) is 0 Å². The van der Waals surface area contributed by atoms with Crippen molar-refractivity contribution in [2.75, 3.05) is 17.2 Å². The Morgan fingerprint density at radius 2 is 1.94 bits per heavy atom. The minimum Gasteiger partial charge on any atom is -0.482 e. The Hall–Kier alpha value is -3.11. The summed E-state index contributed by atoms with van der Waals surface area (Å²) in [4.78, 5) is 20.0. The molecule has 0 bridgehead atoms. The van der Waals surface area contributed by atoms with Gasteiger partial charge in [-0.3, -0.25) is 4.79 Å². The van der Waals surface area contributed by atoms with Crippen molar-refractivity contribution in [3.8, 4) is 5.75 Å². The van der Waals surface area contributed by atoms with Gasteiger partial charge >= 0.3 is 6.18 Å². The first-order valence-corrected chi connectivity index (χ1v) is 9.15. The number of amides is 1. The lowest BCUT2D eigenvalue weighted by Crippen LogP contribution is -2.20. The average molecular weight is 475 g/mol. The molecule has 0 radical (unpaired) electrons. The molecular formula is C19H12Cl2F4N4O2. The maximum Gasteiger partial charge on any atom is 0.422 e. The summed E-state index contributed by atoms with van der Waals surface area (Å²) in [6.45, 7) is 1.68. The Labute approximate surface area is 182 Å². The Bertz CT molecular complexity index is 1170. The first-order valence-electron chi connectivity index (χ1n) is 8.39. The number of anilines is 3. The van der Waals surface area contributed by atoms with Gasteiger partial charge in [0.25, 0.3) is 5.91 Å². The van der Waals surface area contributed by atoms with Crippen molar-refractivity contribution in [3.63, 3.8) is 0 Å². The van der Waals surface area contributed by atoms with Gasteiger partial charge in [0.2, 0.25) is 0 Å². The molecule has 12 heteroatoms. The predicted molar refractivity (Wildman–Crippen MR) is 109 cm³/mol. The van der Waals surface area contributed by atoms with E-state index in [9.17, 15) is 22.4 Å². The monoisotopic (exact) mass is 474 g/mol. The number of hydrogen-bond donors (Lipinski definition) is 2. The highest BCUT2D eigenvalue weighted by Crippen LogP contribution is 2.35. The van der Waals surface area contributed by atoms with Gasteiger partial charge in [0.05, 0.1) is 21.3 Å². The summed E-state index contributed by atoms with van der Waals surface area (Å²) in [6, 6.07) is 6.40. The molecule has 2 N–H and O–H groups in total. The second kappa shape index (κ2) is 8.94. The number of fused-ring (bicyclic) bond motifs is 1. The molecule has 2 aromatic carbocycles. The molecule has 0 aliphatic carbocycles. The molecule has 0 fully saturated rings. The second-order valence-corrected chi connectivity index (χ2v) is 6.97. The number of carbonyl (C=O) groups is 1. The van der Waals surface area contributed by atoms with E-state index in [4.69, 9.17) is 27.9 Å². The van der Waals surface area contributed by atoms with E-state index in [-0.39, 0.29) is 32.8 Å². The Kier molecular flexibility index (Phi) is 6.51. The highest BCUT2D eigenvalue weighted by atomic mass is 35.5. The zero-order chi connectivity index (χ0) is 22.8. The van der Waals surface area contributed by atoms with Crippen LogP contribution >= 0.6 is 23.2 Å². The molecule has 0 aliphatic heterocycles. The summed E-state index contributed by atoms with van der Waals surface area (Å²) >= 11 is 11.3. The smallest absolute Gasteiger partial charge is 0.422 e. The van der Waals surface area contributed by atoms with Gasteiger partial charge in [-0.1, -0.05) is 29.8 Å². The van der Waals surface area contributed by atoms with E-state index in [1.165, 1.54) is 30.6 Å². The standard InChI is InChI=1S/C19H12Cl2F4N4O2/c1-9(20)18(30)29-15-5-11-14(6-16(15)31-7-19(23,24)25)26-8-27-17(11)28-10-2-3-13(22)12(21)4-10/h2-6,8H,1,7H2,(H,29,30)(H,26,27,28). The fourth-order valence-corrected chi connectivity index (χ4v) is 2.69. The SMILES string of the molecule is C=C(Cl)C(=O)Nc1cc2c(Nc3ccc(F)c(Cl)c3)ncnc2cc1OCC(F)(F)F. The molecule has 0 spiro atoms. The number of nitrogens with zero attached hydrogens (tertiary/aromatic N) is 2. The van der Waals surface area contributed by atoms with E-state index in [1.807, 2.05) is 0 Å². The van der Waals surface area contributed by atoms with Crippen molar-refractivity contribution in [1.82, 2.24) is 9.97 Å². The Morgan fingerprint density at radius 1 is 1.19 bits per heavy atom. The van der Waals surface area contributed by atoms with Crippen molar-refractivity contribution in [1.29, 1.82) is 0 Å².